The van der Waals surface area contributed by atoms with Crippen molar-refractivity contribution in [1.82, 2.24) is 10.2 Å². The van der Waals surface area contributed by atoms with Gasteiger partial charge in [0.2, 0.25) is 21.8 Å². The van der Waals surface area contributed by atoms with E-state index in [0.29, 0.717) is 30.0 Å². The second-order valence-electron chi connectivity index (χ2n) is 10.3. The maximum Gasteiger partial charge on any atom is 0.243 e. The standard InChI is InChI=1S/C30H43N3O6S/c1-5-28(30(35)31-24-12-7-6-8-13-24)32(22-23-11-9-14-27(21-23)39-3)29(34)15-10-20-33(40(4,36)37)25-16-18-26(38-2)19-17-25/h9,11,14,16-19,21,24,28H,5-8,10,12-13,15,20,22H2,1-4H3,(H,31,35)/t28-/m0/s1. The predicted molar refractivity (Wildman–Crippen MR) is 157 cm³/mol. The second kappa shape index (κ2) is 14.9. The van der Waals surface area contributed by atoms with Crippen LogP contribution in [0.5, 0.6) is 11.5 Å². The Morgan fingerprint density at radius 1 is 1.00 bits per heavy atom. The molecule has 3 rings (SSSR count). The van der Waals surface area contributed by atoms with Crippen LogP contribution in [0.25, 0.3) is 0 Å². The van der Waals surface area contributed by atoms with Gasteiger partial charge in [-0.15, -0.1) is 0 Å². The highest BCUT2D eigenvalue weighted by Gasteiger charge is 2.30. The van der Waals surface area contributed by atoms with Crippen LogP contribution in [0.4, 0.5) is 5.69 Å². The summed E-state index contributed by atoms with van der Waals surface area (Å²) in [6, 6.07) is 13.7. The number of nitrogens with zero attached hydrogens (tertiary/aromatic N) is 2. The Hall–Kier alpha value is -3.27. The number of anilines is 1. The number of ether oxygens (including phenoxy) is 2. The molecule has 10 heteroatoms. The van der Waals surface area contributed by atoms with Gasteiger partial charge in [0.15, 0.2) is 0 Å². The lowest BCUT2D eigenvalue weighted by Gasteiger charge is -2.33. The predicted octanol–water partition coefficient (Wildman–Crippen LogP) is 4.51. The van der Waals surface area contributed by atoms with Gasteiger partial charge in [0, 0.05) is 25.6 Å². The zero-order valence-electron chi connectivity index (χ0n) is 24.1. The molecule has 1 aliphatic carbocycles. The fraction of sp³-hybridized carbons (Fsp3) is 0.533. The van der Waals surface area contributed by atoms with E-state index in [1.54, 1.807) is 43.4 Å². The molecule has 220 valence electrons. The molecule has 0 unspecified atom stereocenters. The molecule has 0 saturated heterocycles. The van der Waals surface area contributed by atoms with Crippen molar-refractivity contribution in [3.8, 4) is 11.5 Å². The van der Waals surface area contributed by atoms with Crippen LogP contribution in [0.15, 0.2) is 48.5 Å². The van der Waals surface area contributed by atoms with Crippen LogP contribution in [-0.2, 0) is 26.2 Å². The number of carbonyl (C=O) groups is 2. The van der Waals surface area contributed by atoms with Crippen molar-refractivity contribution in [3.63, 3.8) is 0 Å². The van der Waals surface area contributed by atoms with Gasteiger partial charge in [0.05, 0.1) is 26.2 Å². The van der Waals surface area contributed by atoms with E-state index in [-0.39, 0.29) is 37.4 Å². The number of benzene rings is 2. The maximum atomic E-state index is 13.7. The topological polar surface area (TPSA) is 105 Å². The van der Waals surface area contributed by atoms with Crippen LogP contribution in [0.3, 0.4) is 0 Å². The highest BCUT2D eigenvalue weighted by Crippen LogP contribution is 2.24. The number of sulfonamides is 1. The lowest BCUT2D eigenvalue weighted by Crippen LogP contribution is -2.51. The number of hydrogen-bond donors (Lipinski definition) is 1. The van der Waals surface area contributed by atoms with Crippen LogP contribution >= 0.6 is 0 Å². The number of hydrogen-bond acceptors (Lipinski definition) is 6. The average Bonchev–Trinajstić information content (AvgIpc) is 2.95. The summed E-state index contributed by atoms with van der Waals surface area (Å²) in [6.45, 7) is 2.29. The van der Waals surface area contributed by atoms with Crippen molar-refractivity contribution in [2.45, 2.75) is 76.9 Å². The lowest BCUT2D eigenvalue weighted by molar-refractivity contribution is -0.141. The molecule has 0 aromatic heterocycles. The molecule has 0 bridgehead atoms. The fourth-order valence-corrected chi connectivity index (χ4v) is 6.15. The first-order chi connectivity index (χ1) is 19.2. The van der Waals surface area contributed by atoms with Gasteiger partial charge in [-0.2, -0.15) is 0 Å². The average molecular weight is 574 g/mol. The van der Waals surface area contributed by atoms with E-state index in [2.05, 4.69) is 5.32 Å². The Labute approximate surface area is 238 Å². The van der Waals surface area contributed by atoms with Crippen molar-refractivity contribution < 1.29 is 27.5 Å². The Morgan fingerprint density at radius 2 is 1.68 bits per heavy atom. The van der Waals surface area contributed by atoms with E-state index in [4.69, 9.17) is 9.47 Å². The van der Waals surface area contributed by atoms with E-state index < -0.39 is 16.1 Å². The monoisotopic (exact) mass is 573 g/mol. The molecule has 2 aromatic rings. The van der Waals surface area contributed by atoms with Crippen molar-refractivity contribution in [3.05, 3.63) is 54.1 Å². The summed E-state index contributed by atoms with van der Waals surface area (Å²) in [5.41, 5.74) is 1.36. The Morgan fingerprint density at radius 3 is 2.27 bits per heavy atom. The molecular weight excluding hydrogens is 530 g/mol. The third kappa shape index (κ3) is 8.87. The van der Waals surface area contributed by atoms with Gasteiger partial charge in [-0.25, -0.2) is 8.42 Å². The van der Waals surface area contributed by atoms with Gasteiger partial charge >= 0.3 is 0 Å². The normalized spacial score (nSPS) is 14.7. The molecule has 0 spiro atoms. The number of amides is 2. The summed E-state index contributed by atoms with van der Waals surface area (Å²) < 4.78 is 37.0. The molecule has 0 heterocycles. The second-order valence-corrected chi connectivity index (χ2v) is 12.2. The third-order valence-corrected chi connectivity index (χ3v) is 8.53. The van der Waals surface area contributed by atoms with Gasteiger partial charge in [-0.1, -0.05) is 38.3 Å². The highest BCUT2D eigenvalue weighted by atomic mass is 32.2. The van der Waals surface area contributed by atoms with Crippen LogP contribution in [0.2, 0.25) is 0 Å². The summed E-state index contributed by atoms with van der Waals surface area (Å²) in [6.07, 6.45) is 7.31. The lowest BCUT2D eigenvalue weighted by atomic mass is 9.95. The van der Waals surface area contributed by atoms with E-state index >= 15 is 0 Å². The molecule has 1 atom stereocenters. The number of methoxy groups -OCH3 is 2. The van der Waals surface area contributed by atoms with Crippen LogP contribution in [0, 0.1) is 0 Å². The van der Waals surface area contributed by atoms with E-state index in [1.165, 1.54) is 10.7 Å². The van der Waals surface area contributed by atoms with Crippen molar-refractivity contribution >= 4 is 27.5 Å². The summed E-state index contributed by atoms with van der Waals surface area (Å²) in [7, 11) is -0.438. The molecule has 0 radical (unpaired) electrons. The molecule has 1 saturated carbocycles. The maximum absolute atomic E-state index is 13.7. The van der Waals surface area contributed by atoms with Crippen LogP contribution in [0.1, 0.15) is 63.9 Å². The first-order valence-electron chi connectivity index (χ1n) is 14.0. The Kier molecular flexibility index (Phi) is 11.7. The van der Waals surface area contributed by atoms with E-state index in [9.17, 15) is 18.0 Å². The summed E-state index contributed by atoms with van der Waals surface area (Å²) in [4.78, 5) is 28.7. The summed E-state index contributed by atoms with van der Waals surface area (Å²) >= 11 is 0. The molecule has 2 amide bonds. The summed E-state index contributed by atoms with van der Waals surface area (Å²) in [5.74, 6) is 0.962. The minimum absolute atomic E-state index is 0.0966. The minimum Gasteiger partial charge on any atom is -0.497 e. The molecule has 2 aromatic carbocycles. The first kappa shape index (κ1) is 31.3. The minimum atomic E-state index is -3.57. The third-order valence-electron chi connectivity index (χ3n) is 7.34. The highest BCUT2D eigenvalue weighted by molar-refractivity contribution is 7.92. The number of carbonyl (C=O) groups excluding carboxylic acids is 2. The van der Waals surface area contributed by atoms with Crippen molar-refractivity contribution in [2.24, 2.45) is 0 Å². The largest absolute Gasteiger partial charge is 0.497 e. The van der Waals surface area contributed by atoms with Gasteiger partial charge in [-0.3, -0.25) is 13.9 Å². The van der Waals surface area contributed by atoms with Gasteiger partial charge in [0.1, 0.15) is 17.5 Å². The molecule has 1 N–H and O–H groups in total. The Bertz CT molecular complexity index is 1210. The zero-order valence-corrected chi connectivity index (χ0v) is 24.9. The zero-order chi connectivity index (χ0) is 29.1. The van der Waals surface area contributed by atoms with Gasteiger partial charge in [-0.05, 0) is 67.6 Å². The SMILES string of the molecule is CC[C@@H](C(=O)NC1CCCCC1)N(Cc1cccc(OC)c1)C(=O)CCCN(c1ccc(OC)cc1)S(C)(=O)=O. The molecular formula is C30H43N3O6S. The van der Waals surface area contributed by atoms with Gasteiger partial charge in [0.25, 0.3) is 0 Å². The smallest absolute Gasteiger partial charge is 0.243 e. The van der Waals surface area contributed by atoms with Crippen molar-refractivity contribution in [1.29, 1.82) is 0 Å². The Balaban J connectivity index is 1.76. The molecule has 1 fully saturated rings. The first-order valence-corrected chi connectivity index (χ1v) is 15.9. The quantitative estimate of drug-likeness (QED) is 0.357. The van der Waals surface area contributed by atoms with Crippen molar-refractivity contribution in [2.75, 3.05) is 31.3 Å². The number of nitrogens with one attached hydrogen (secondary N) is 1. The molecule has 9 nitrogen and oxygen atoms in total. The van der Waals surface area contributed by atoms with Crippen LogP contribution in [-0.4, -0.2) is 64.2 Å². The summed E-state index contributed by atoms with van der Waals surface area (Å²) in [5, 5.41) is 3.18. The van der Waals surface area contributed by atoms with E-state index in [1.807, 2.05) is 31.2 Å². The fourth-order valence-electron chi connectivity index (χ4n) is 5.18. The molecule has 1 aliphatic rings. The van der Waals surface area contributed by atoms with E-state index in [0.717, 1.165) is 37.5 Å². The van der Waals surface area contributed by atoms with Gasteiger partial charge < -0.3 is 19.7 Å². The number of rotatable bonds is 14. The van der Waals surface area contributed by atoms with Crippen LogP contribution < -0.4 is 19.1 Å². The molecule has 0 aliphatic heterocycles. The molecule has 40 heavy (non-hydrogen) atoms.